The van der Waals surface area contributed by atoms with Crippen LogP contribution in [0, 0.1) is 13.8 Å². The van der Waals surface area contributed by atoms with Crippen molar-refractivity contribution in [3.05, 3.63) is 77.3 Å². The number of carbonyl (C=O) groups excluding carboxylic acids is 1. The largest absolute Gasteiger partial charge is 0.296 e. The maximum Gasteiger partial charge on any atom is 0.276 e. The predicted octanol–water partition coefficient (Wildman–Crippen LogP) is 4.26. The summed E-state index contributed by atoms with van der Waals surface area (Å²) in [6.45, 7) is 3.98. The lowest BCUT2D eigenvalue weighted by Gasteiger charge is -2.07. The Kier molecular flexibility index (Phi) is 4.52. The van der Waals surface area contributed by atoms with E-state index in [1.165, 1.54) is 11.3 Å². The Labute approximate surface area is 160 Å². The van der Waals surface area contributed by atoms with Gasteiger partial charge in [0.1, 0.15) is 11.4 Å². The van der Waals surface area contributed by atoms with Crippen molar-refractivity contribution in [2.45, 2.75) is 13.8 Å². The number of aromatic nitrogens is 4. The van der Waals surface area contributed by atoms with E-state index in [0.717, 1.165) is 28.3 Å². The average Bonchev–Trinajstić information content (AvgIpc) is 3.31. The van der Waals surface area contributed by atoms with Crippen LogP contribution < -0.4 is 5.32 Å². The van der Waals surface area contributed by atoms with Crippen molar-refractivity contribution in [3.63, 3.8) is 0 Å². The van der Waals surface area contributed by atoms with Crippen molar-refractivity contribution < 1.29 is 4.79 Å². The van der Waals surface area contributed by atoms with E-state index in [2.05, 4.69) is 20.3 Å². The first-order valence-electron chi connectivity index (χ1n) is 8.40. The zero-order valence-corrected chi connectivity index (χ0v) is 15.7. The van der Waals surface area contributed by atoms with Gasteiger partial charge in [-0.25, -0.2) is 9.97 Å². The molecule has 0 aliphatic rings. The highest BCUT2D eigenvalue weighted by Crippen LogP contribution is 2.25. The number of carbonyl (C=O) groups is 1. The van der Waals surface area contributed by atoms with Gasteiger partial charge in [0.05, 0.1) is 18.2 Å². The summed E-state index contributed by atoms with van der Waals surface area (Å²) in [5.41, 5.74) is 4.94. The molecule has 3 heterocycles. The maximum atomic E-state index is 12.7. The quantitative estimate of drug-likeness (QED) is 0.578. The predicted molar refractivity (Wildman–Crippen MR) is 106 cm³/mol. The number of pyridine rings is 1. The Morgan fingerprint density at radius 1 is 1.07 bits per heavy atom. The number of rotatable bonds is 4. The number of hydrogen-bond donors (Lipinski definition) is 1. The van der Waals surface area contributed by atoms with E-state index < -0.39 is 0 Å². The molecule has 0 fully saturated rings. The van der Waals surface area contributed by atoms with E-state index in [4.69, 9.17) is 0 Å². The second kappa shape index (κ2) is 7.13. The van der Waals surface area contributed by atoms with Gasteiger partial charge in [0.25, 0.3) is 5.91 Å². The lowest BCUT2D eigenvalue weighted by molar-refractivity contribution is 0.102. The summed E-state index contributed by atoms with van der Waals surface area (Å²) in [5.74, 6) is -0.259. The zero-order chi connectivity index (χ0) is 18.8. The summed E-state index contributed by atoms with van der Waals surface area (Å²) in [5, 5.41) is 5.27. The van der Waals surface area contributed by atoms with E-state index in [9.17, 15) is 4.79 Å². The van der Waals surface area contributed by atoms with Gasteiger partial charge < -0.3 is 0 Å². The average molecular weight is 375 g/mol. The van der Waals surface area contributed by atoms with E-state index >= 15 is 0 Å². The number of para-hydroxylation sites is 1. The highest BCUT2D eigenvalue weighted by atomic mass is 32.1. The number of thiazole rings is 1. The molecule has 134 valence electrons. The lowest BCUT2D eigenvalue weighted by Crippen LogP contribution is -2.15. The van der Waals surface area contributed by atoms with Gasteiger partial charge in [-0.2, -0.15) is 0 Å². The molecule has 3 aromatic heterocycles. The summed E-state index contributed by atoms with van der Waals surface area (Å²) in [7, 11) is 0. The summed E-state index contributed by atoms with van der Waals surface area (Å²) in [6.07, 6.45) is 3.17. The smallest absolute Gasteiger partial charge is 0.276 e. The van der Waals surface area contributed by atoms with Gasteiger partial charge >= 0.3 is 0 Å². The first-order valence-corrected chi connectivity index (χ1v) is 9.28. The molecular weight excluding hydrogens is 358 g/mol. The molecule has 0 unspecified atom stereocenters. The number of nitrogens with zero attached hydrogens (tertiary/aromatic N) is 4. The molecule has 1 N–H and O–H groups in total. The van der Waals surface area contributed by atoms with E-state index in [1.807, 2.05) is 61.7 Å². The zero-order valence-electron chi connectivity index (χ0n) is 14.9. The minimum absolute atomic E-state index is 0.259. The van der Waals surface area contributed by atoms with Crippen molar-refractivity contribution in [1.29, 1.82) is 0 Å². The number of amides is 1. The molecular formula is C20H17N5OS. The van der Waals surface area contributed by atoms with E-state index in [0.29, 0.717) is 10.8 Å². The van der Waals surface area contributed by atoms with Gasteiger partial charge in [-0.15, -0.1) is 11.3 Å². The number of aryl methyl sites for hydroxylation is 2. The minimum Gasteiger partial charge on any atom is -0.296 e. The van der Waals surface area contributed by atoms with Crippen LogP contribution in [0.4, 0.5) is 5.13 Å². The van der Waals surface area contributed by atoms with Crippen LogP contribution in [0.2, 0.25) is 0 Å². The lowest BCUT2D eigenvalue weighted by atomic mass is 10.2. The van der Waals surface area contributed by atoms with Gasteiger partial charge in [-0.3, -0.25) is 19.7 Å². The van der Waals surface area contributed by atoms with Gasteiger partial charge in [-0.05, 0) is 43.7 Å². The maximum absolute atomic E-state index is 12.7. The normalized spacial score (nSPS) is 10.7. The second-order valence-corrected chi connectivity index (χ2v) is 7.01. The Morgan fingerprint density at radius 3 is 2.67 bits per heavy atom. The van der Waals surface area contributed by atoms with Crippen LogP contribution in [-0.2, 0) is 0 Å². The highest BCUT2D eigenvalue weighted by Gasteiger charge is 2.15. The fraction of sp³-hybridized carbons (Fsp3) is 0.100. The molecule has 0 aliphatic carbocycles. The highest BCUT2D eigenvalue weighted by molar-refractivity contribution is 7.14. The molecule has 0 radical (unpaired) electrons. The monoisotopic (exact) mass is 375 g/mol. The van der Waals surface area contributed by atoms with Crippen LogP contribution in [-0.4, -0.2) is 25.4 Å². The first-order chi connectivity index (χ1) is 13.1. The van der Waals surface area contributed by atoms with Crippen molar-refractivity contribution >= 4 is 22.4 Å². The van der Waals surface area contributed by atoms with Gasteiger partial charge in [-0.1, -0.05) is 18.2 Å². The van der Waals surface area contributed by atoms with Crippen LogP contribution in [0.5, 0.6) is 0 Å². The molecule has 1 aromatic carbocycles. The SMILES string of the molecule is Cc1cc(C)nc(-c2csc(NC(=O)c3cncn3-c3ccccc3)n2)c1. The Balaban J connectivity index is 1.57. The van der Waals surface area contributed by atoms with Gasteiger partial charge in [0, 0.05) is 16.8 Å². The van der Waals surface area contributed by atoms with Crippen LogP contribution in [0.3, 0.4) is 0 Å². The molecule has 0 aliphatic heterocycles. The molecule has 7 heteroatoms. The Bertz CT molecular complexity index is 1080. The molecule has 0 bridgehead atoms. The van der Waals surface area contributed by atoms with Crippen LogP contribution in [0.25, 0.3) is 17.1 Å². The number of benzene rings is 1. The molecule has 27 heavy (non-hydrogen) atoms. The standard InChI is InChI=1S/C20H17N5OS/c1-13-8-14(2)22-16(9-13)17-11-27-20(23-17)24-19(26)18-10-21-12-25(18)15-6-4-3-5-7-15/h3-12H,1-2H3,(H,23,24,26). The minimum atomic E-state index is -0.259. The summed E-state index contributed by atoms with van der Waals surface area (Å²) < 4.78 is 1.75. The fourth-order valence-corrected chi connectivity index (χ4v) is 3.54. The number of anilines is 1. The molecule has 0 saturated heterocycles. The van der Waals surface area contributed by atoms with Crippen LogP contribution >= 0.6 is 11.3 Å². The van der Waals surface area contributed by atoms with Crippen molar-refractivity contribution in [3.8, 4) is 17.1 Å². The van der Waals surface area contributed by atoms with Gasteiger partial charge in [0.2, 0.25) is 0 Å². The molecule has 1 amide bonds. The number of nitrogens with one attached hydrogen (secondary N) is 1. The topological polar surface area (TPSA) is 72.7 Å². The number of hydrogen-bond acceptors (Lipinski definition) is 5. The van der Waals surface area contributed by atoms with Crippen LogP contribution in [0.15, 0.2) is 60.4 Å². The fourth-order valence-electron chi connectivity index (χ4n) is 2.84. The molecule has 0 atom stereocenters. The molecule has 4 aromatic rings. The van der Waals surface area contributed by atoms with Crippen LogP contribution in [0.1, 0.15) is 21.7 Å². The third-order valence-corrected chi connectivity index (χ3v) is 4.75. The van der Waals surface area contributed by atoms with E-state index in [-0.39, 0.29) is 5.91 Å². The third-order valence-electron chi connectivity index (χ3n) is 3.99. The summed E-state index contributed by atoms with van der Waals surface area (Å²) in [4.78, 5) is 25.8. The Hall–Kier alpha value is -3.32. The first kappa shape index (κ1) is 17.1. The Morgan fingerprint density at radius 2 is 1.89 bits per heavy atom. The van der Waals surface area contributed by atoms with Crippen molar-refractivity contribution in [1.82, 2.24) is 19.5 Å². The molecule has 6 nitrogen and oxygen atoms in total. The van der Waals surface area contributed by atoms with Gasteiger partial charge in [0.15, 0.2) is 5.13 Å². The number of imidazole rings is 1. The summed E-state index contributed by atoms with van der Waals surface area (Å²) in [6, 6.07) is 13.6. The van der Waals surface area contributed by atoms with Crippen molar-refractivity contribution in [2.24, 2.45) is 0 Å². The van der Waals surface area contributed by atoms with Crippen molar-refractivity contribution in [2.75, 3.05) is 5.32 Å². The summed E-state index contributed by atoms with van der Waals surface area (Å²) >= 11 is 1.37. The third kappa shape index (κ3) is 3.63. The van der Waals surface area contributed by atoms with E-state index in [1.54, 1.807) is 17.1 Å². The molecule has 0 spiro atoms. The molecule has 0 saturated carbocycles. The second-order valence-electron chi connectivity index (χ2n) is 6.15. The molecule has 4 rings (SSSR count).